The van der Waals surface area contributed by atoms with Crippen LogP contribution in [0.5, 0.6) is 5.75 Å². The number of ketones is 1. The molecule has 0 fully saturated rings. The van der Waals surface area contributed by atoms with Gasteiger partial charge in [0.2, 0.25) is 5.78 Å². The van der Waals surface area contributed by atoms with Crippen molar-refractivity contribution in [1.82, 2.24) is 9.38 Å². The second-order valence-electron chi connectivity index (χ2n) is 10.5. The molecule has 0 aliphatic rings. The highest BCUT2D eigenvalue weighted by molar-refractivity contribution is 6.15. The topological polar surface area (TPSA) is 84.1 Å². The number of fused-ring (bicyclic) bond motifs is 2. The summed E-state index contributed by atoms with van der Waals surface area (Å²) in [5.74, 6) is -1.24. The van der Waals surface area contributed by atoms with Crippen LogP contribution in [0.15, 0.2) is 109 Å². The lowest BCUT2D eigenvalue weighted by Gasteiger charge is -2.22. The van der Waals surface area contributed by atoms with E-state index in [-0.39, 0.29) is 11.3 Å². The van der Waals surface area contributed by atoms with E-state index in [2.05, 4.69) is 95.8 Å². The van der Waals surface area contributed by atoms with Crippen molar-refractivity contribution < 1.29 is 19.4 Å². The number of nitrogens with zero attached hydrogens (tertiary/aromatic N) is 3. The maximum absolute atomic E-state index is 13.3. The number of carbonyl (C=O) groups excluding carboxylic acids is 1. The van der Waals surface area contributed by atoms with E-state index in [9.17, 15) is 14.7 Å². The number of aryl methyl sites for hydroxylation is 1. The maximum Gasteiger partial charge on any atom is 0.338 e. The number of carbonyl (C=O) groups is 2. The van der Waals surface area contributed by atoms with Gasteiger partial charge in [-0.25, -0.2) is 9.78 Å². The predicted molar refractivity (Wildman–Crippen MR) is 181 cm³/mol. The molecule has 1 N–H and O–H groups in total. The quantitative estimate of drug-likeness (QED) is 0.168. The van der Waals surface area contributed by atoms with Gasteiger partial charge in [-0.15, -0.1) is 0 Å². The summed E-state index contributed by atoms with van der Waals surface area (Å²) in [5.41, 5.74) is 6.74. The lowest BCUT2D eigenvalue weighted by Crippen LogP contribution is -2.22. The van der Waals surface area contributed by atoms with Crippen LogP contribution >= 0.6 is 0 Å². The van der Waals surface area contributed by atoms with Crippen LogP contribution in [-0.4, -0.2) is 45.9 Å². The molecule has 3 aromatic carbocycles. The average Bonchev–Trinajstić information content (AvgIpc) is 3.41. The molecule has 45 heavy (non-hydrogen) atoms. The van der Waals surface area contributed by atoms with Crippen molar-refractivity contribution in [3.05, 3.63) is 132 Å². The molecule has 0 unspecified atom stereocenters. The standard InChI is InChI=1S/C23H24N2O4.C15H13N/c1-4-25(5-2)16-11-12-17(20(14-16)29-6-3)22(26)21-18(23(27)28)13-15-9-7-8-10-19(15)24-21;1-12-15(13-7-3-2-4-8-13)11-14-9-5-6-10-16(12)14/h7-14H,4-6H2,1-3H3,(H,27,28);2-11H,1H3. The molecule has 7 heteroatoms. The summed E-state index contributed by atoms with van der Waals surface area (Å²) in [6.07, 6.45) is 2.11. The number of anilines is 1. The van der Waals surface area contributed by atoms with Crippen molar-refractivity contribution in [2.45, 2.75) is 27.7 Å². The molecule has 3 aromatic heterocycles. The zero-order chi connectivity index (χ0) is 31.9. The van der Waals surface area contributed by atoms with E-state index in [1.807, 2.05) is 19.1 Å². The molecule has 0 aliphatic heterocycles. The van der Waals surface area contributed by atoms with Crippen LogP contribution in [0.25, 0.3) is 27.5 Å². The molecule has 0 spiro atoms. The first-order valence-electron chi connectivity index (χ1n) is 15.2. The number of para-hydroxylation sites is 1. The zero-order valence-corrected chi connectivity index (χ0v) is 26.0. The fourth-order valence-electron chi connectivity index (χ4n) is 5.51. The third kappa shape index (κ3) is 6.58. The number of hydrogen-bond donors (Lipinski definition) is 1. The van der Waals surface area contributed by atoms with Crippen molar-refractivity contribution in [2.75, 3.05) is 24.6 Å². The van der Waals surface area contributed by atoms with Crippen LogP contribution in [0.4, 0.5) is 5.69 Å². The van der Waals surface area contributed by atoms with Crippen molar-refractivity contribution in [3.8, 4) is 16.9 Å². The first-order valence-corrected chi connectivity index (χ1v) is 15.2. The van der Waals surface area contributed by atoms with Crippen molar-refractivity contribution in [3.63, 3.8) is 0 Å². The van der Waals surface area contributed by atoms with E-state index in [1.165, 1.54) is 28.4 Å². The fourth-order valence-corrected chi connectivity index (χ4v) is 5.51. The molecule has 0 radical (unpaired) electrons. The van der Waals surface area contributed by atoms with Gasteiger partial charge in [-0.05, 0) is 75.7 Å². The number of pyridine rings is 2. The summed E-state index contributed by atoms with van der Waals surface area (Å²) in [6.45, 7) is 10.2. The lowest BCUT2D eigenvalue weighted by atomic mass is 10.0. The molecule has 0 bridgehead atoms. The number of hydrogen-bond acceptors (Lipinski definition) is 5. The van der Waals surface area contributed by atoms with Crippen LogP contribution < -0.4 is 9.64 Å². The summed E-state index contributed by atoms with van der Waals surface area (Å²) in [7, 11) is 0. The highest BCUT2D eigenvalue weighted by Crippen LogP contribution is 2.30. The van der Waals surface area contributed by atoms with E-state index >= 15 is 0 Å². The largest absolute Gasteiger partial charge is 0.493 e. The highest BCUT2D eigenvalue weighted by atomic mass is 16.5. The Morgan fingerprint density at radius 1 is 0.822 bits per heavy atom. The summed E-state index contributed by atoms with van der Waals surface area (Å²) in [5, 5.41) is 10.3. The van der Waals surface area contributed by atoms with E-state index in [0.717, 1.165) is 18.8 Å². The summed E-state index contributed by atoms with van der Waals surface area (Å²) in [4.78, 5) is 31.6. The van der Waals surface area contributed by atoms with Crippen LogP contribution in [0, 0.1) is 6.92 Å². The summed E-state index contributed by atoms with van der Waals surface area (Å²) < 4.78 is 7.95. The molecule has 3 heterocycles. The third-order valence-electron chi connectivity index (χ3n) is 7.83. The van der Waals surface area contributed by atoms with Gasteiger partial charge in [0.1, 0.15) is 11.4 Å². The van der Waals surface area contributed by atoms with E-state index < -0.39 is 11.8 Å². The lowest BCUT2D eigenvalue weighted by molar-refractivity contribution is 0.0692. The van der Waals surface area contributed by atoms with Gasteiger partial charge in [0.25, 0.3) is 0 Å². The van der Waals surface area contributed by atoms with Crippen molar-refractivity contribution >= 4 is 33.9 Å². The first-order chi connectivity index (χ1) is 21.9. The number of benzene rings is 3. The number of ether oxygens (including phenoxy) is 1. The van der Waals surface area contributed by atoms with Crippen LogP contribution in [0.1, 0.15) is 52.9 Å². The Bertz CT molecular complexity index is 1960. The molecule has 0 atom stereocenters. The minimum atomic E-state index is -1.19. The normalized spacial score (nSPS) is 10.8. The summed E-state index contributed by atoms with van der Waals surface area (Å²) >= 11 is 0. The first kappa shape index (κ1) is 31.0. The van der Waals surface area contributed by atoms with Gasteiger partial charge in [0.05, 0.1) is 23.3 Å². The fraction of sp³-hybridized carbons (Fsp3) is 0.184. The molecule has 7 nitrogen and oxygen atoms in total. The minimum Gasteiger partial charge on any atom is -0.493 e. The van der Waals surface area contributed by atoms with Crippen molar-refractivity contribution in [2.24, 2.45) is 0 Å². The monoisotopic (exact) mass is 599 g/mol. The minimum absolute atomic E-state index is 0.0901. The van der Waals surface area contributed by atoms with Crippen molar-refractivity contribution in [1.29, 1.82) is 0 Å². The molecule has 0 saturated heterocycles. The zero-order valence-electron chi connectivity index (χ0n) is 26.0. The van der Waals surface area contributed by atoms with Gasteiger partial charge in [0, 0.05) is 53.2 Å². The maximum atomic E-state index is 13.3. The van der Waals surface area contributed by atoms with Crippen LogP contribution in [0.2, 0.25) is 0 Å². The Morgan fingerprint density at radius 2 is 1.53 bits per heavy atom. The average molecular weight is 600 g/mol. The summed E-state index contributed by atoms with van der Waals surface area (Å²) in [6, 6.07) is 33.0. The highest BCUT2D eigenvalue weighted by Gasteiger charge is 2.24. The Kier molecular flexibility index (Phi) is 9.58. The number of rotatable bonds is 9. The van der Waals surface area contributed by atoms with Gasteiger partial charge >= 0.3 is 5.97 Å². The number of aromatic carboxylic acids is 1. The molecule has 6 rings (SSSR count). The van der Waals surface area contributed by atoms with E-state index in [4.69, 9.17) is 4.74 Å². The van der Waals surface area contributed by atoms with Gasteiger partial charge in [-0.2, -0.15) is 0 Å². The van der Waals surface area contributed by atoms with Gasteiger partial charge in [-0.1, -0.05) is 54.6 Å². The Balaban J connectivity index is 0.000000209. The molecular formula is C38H37N3O4. The Hall–Kier alpha value is -5.43. The molecule has 0 amide bonds. The third-order valence-corrected chi connectivity index (χ3v) is 7.83. The SMILES string of the molecule is CCOc1cc(N(CC)CC)ccc1C(=O)c1nc2ccccc2cc1C(=O)O.Cc1c(-c2ccccc2)cc2ccccn12. The molecule has 6 aromatic rings. The van der Waals surface area contributed by atoms with Crippen LogP contribution in [0.3, 0.4) is 0 Å². The molecule has 0 aliphatic carbocycles. The Morgan fingerprint density at radius 3 is 2.22 bits per heavy atom. The van der Waals surface area contributed by atoms with E-state index in [0.29, 0.717) is 28.8 Å². The second kappa shape index (κ2) is 13.9. The second-order valence-corrected chi connectivity index (χ2v) is 10.5. The number of aromatic nitrogens is 2. The Labute approximate surface area is 263 Å². The van der Waals surface area contributed by atoms with Gasteiger partial charge in [-0.3, -0.25) is 4.79 Å². The number of carboxylic acid groups (broad SMARTS) is 1. The van der Waals surface area contributed by atoms with Crippen LogP contribution in [-0.2, 0) is 0 Å². The van der Waals surface area contributed by atoms with Gasteiger partial charge < -0.3 is 19.1 Å². The molecule has 0 saturated carbocycles. The van der Waals surface area contributed by atoms with Gasteiger partial charge in [0.15, 0.2) is 0 Å². The molecule has 228 valence electrons. The molecular weight excluding hydrogens is 562 g/mol. The number of carboxylic acids is 1. The predicted octanol–water partition coefficient (Wildman–Crippen LogP) is 8.32. The smallest absolute Gasteiger partial charge is 0.338 e. The van der Waals surface area contributed by atoms with E-state index in [1.54, 1.807) is 30.3 Å².